The van der Waals surface area contributed by atoms with Crippen LogP contribution in [-0.4, -0.2) is 43.9 Å². The van der Waals surface area contributed by atoms with Crippen molar-refractivity contribution in [3.63, 3.8) is 0 Å². The van der Waals surface area contributed by atoms with E-state index < -0.39 is 6.10 Å². The molecule has 0 aromatic heterocycles. The van der Waals surface area contributed by atoms with E-state index in [0.717, 1.165) is 31.6 Å². The monoisotopic (exact) mass is 279 g/mol. The molecule has 20 heavy (non-hydrogen) atoms. The lowest BCUT2D eigenvalue weighted by atomic mass is 10.00. The van der Waals surface area contributed by atoms with Crippen LogP contribution in [0, 0.1) is 5.92 Å². The van der Waals surface area contributed by atoms with Crippen LogP contribution in [0.2, 0.25) is 0 Å². The summed E-state index contributed by atoms with van der Waals surface area (Å²) in [5, 5.41) is 10.2. The van der Waals surface area contributed by atoms with E-state index in [1.165, 1.54) is 5.56 Å². The fourth-order valence-corrected chi connectivity index (χ4v) is 2.32. The Labute approximate surface area is 123 Å². The van der Waals surface area contributed by atoms with E-state index >= 15 is 0 Å². The Balaban J connectivity index is 2.44. The topological polar surface area (TPSA) is 32.7 Å². The third-order valence-corrected chi connectivity index (χ3v) is 3.38. The second-order valence-electron chi connectivity index (χ2n) is 5.96. The van der Waals surface area contributed by atoms with Gasteiger partial charge in [0.15, 0.2) is 0 Å². The summed E-state index contributed by atoms with van der Waals surface area (Å²) in [6.45, 7) is 6.81. The van der Waals surface area contributed by atoms with Crippen LogP contribution in [0.25, 0.3) is 0 Å². The lowest BCUT2D eigenvalue weighted by Crippen LogP contribution is -2.26. The Kier molecular flexibility index (Phi) is 7.82. The molecule has 0 aliphatic rings. The lowest BCUT2D eigenvalue weighted by Gasteiger charge is -2.20. The first-order valence-corrected chi connectivity index (χ1v) is 7.47. The van der Waals surface area contributed by atoms with Crippen molar-refractivity contribution in [3.05, 3.63) is 35.4 Å². The standard InChI is InChI=1S/C17H29NO2/c1-14(2)12-15-6-8-16(9-7-15)17(19)13-18(3)10-5-11-20-4/h6-9,14,17,19H,5,10-13H2,1-4H3. The van der Waals surface area contributed by atoms with Crippen LogP contribution in [0.3, 0.4) is 0 Å². The molecule has 0 saturated heterocycles. The molecule has 0 spiro atoms. The van der Waals surface area contributed by atoms with Crippen LogP contribution in [0.15, 0.2) is 24.3 Å². The Morgan fingerprint density at radius 2 is 1.85 bits per heavy atom. The molecule has 0 aliphatic heterocycles. The van der Waals surface area contributed by atoms with Gasteiger partial charge >= 0.3 is 0 Å². The van der Waals surface area contributed by atoms with Gasteiger partial charge in [-0.2, -0.15) is 0 Å². The third-order valence-electron chi connectivity index (χ3n) is 3.38. The van der Waals surface area contributed by atoms with Gasteiger partial charge in [0.1, 0.15) is 0 Å². The molecule has 0 aliphatic carbocycles. The molecule has 1 aromatic carbocycles. The minimum absolute atomic E-state index is 0.421. The highest BCUT2D eigenvalue weighted by atomic mass is 16.5. The summed E-state index contributed by atoms with van der Waals surface area (Å²) < 4.78 is 5.04. The van der Waals surface area contributed by atoms with E-state index in [1.807, 2.05) is 19.2 Å². The quantitative estimate of drug-likeness (QED) is 0.706. The summed E-state index contributed by atoms with van der Waals surface area (Å²) in [6.07, 6.45) is 1.66. The van der Waals surface area contributed by atoms with Crippen LogP contribution >= 0.6 is 0 Å². The summed E-state index contributed by atoms with van der Waals surface area (Å²) in [4.78, 5) is 2.14. The van der Waals surface area contributed by atoms with E-state index in [1.54, 1.807) is 7.11 Å². The van der Waals surface area contributed by atoms with Crippen molar-refractivity contribution < 1.29 is 9.84 Å². The van der Waals surface area contributed by atoms with Crippen LogP contribution in [0.5, 0.6) is 0 Å². The van der Waals surface area contributed by atoms with Crippen molar-refractivity contribution in [1.82, 2.24) is 4.90 Å². The van der Waals surface area contributed by atoms with Crippen molar-refractivity contribution in [1.29, 1.82) is 0 Å². The molecular formula is C17H29NO2. The van der Waals surface area contributed by atoms with E-state index in [0.29, 0.717) is 12.5 Å². The number of hydrogen-bond acceptors (Lipinski definition) is 3. The van der Waals surface area contributed by atoms with E-state index in [2.05, 4.69) is 30.9 Å². The Morgan fingerprint density at radius 3 is 2.40 bits per heavy atom. The average Bonchev–Trinajstić information content (AvgIpc) is 2.39. The van der Waals surface area contributed by atoms with Crippen molar-refractivity contribution >= 4 is 0 Å². The van der Waals surface area contributed by atoms with E-state index in [4.69, 9.17) is 4.74 Å². The molecular weight excluding hydrogens is 250 g/mol. The van der Waals surface area contributed by atoms with Gasteiger partial charge in [-0.1, -0.05) is 38.1 Å². The molecule has 1 aromatic rings. The Hall–Kier alpha value is -0.900. The second-order valence-corrected chi connectivity index (χ2v) is 5.96. The van der Waals surface area contributed by atoms with Crippen LogP contribution < -0.4 is 0 Å². The summed E-state index contributed by atoms with van der Waals surface area (Å²) in [7, 11) is 3.75. The summed E-state index contributed by atoms with van der Waals surface area (Å²) >= 11 is 0. The Bertz CT molecular complexity index is 362. The number of aliphatic hydroxyl groups is 1. The molecule has 0 saturated carbocycles. The zero-order valence-corrected chi connectivity index (χ0v) is 13.3. The van der Waals surface area contributed by atoms with Crippen molar-refractivity contribution in [3.8, 4) is 0 Å². The molecule has 3 heteroatoms. The number of benzene rings is 1. The molecule has 1 N–H and O–H groups in total. The third kappa shape index (κ3) is 6.51. The highest BCUT2D eigenvalue weighted by Gasteiger charge is 2.10. The van der Waals surface area contributed by atoms with Gasteiger partial charge in [0.05, 0.1) is 6.10 Å². The van der Waals surface area contributed by atoms with Gasteiger partial charge in [-0.25, -0.2) is 0 Å². The molecule has 0 heterocycles. The molecule has 0 radical (unpaired) electrons. The van der Waals surface area contributed by atoms with Crippen molar-refractivity contribution in [2.24, 2.45) is 5.92 Å². The fourth-order valence-electron chi connectivity index (χ4n) is 2.32. The van der Waals surface area contributed by atoms with Gasteiger partial charge in [0, 0.05) is 26.8 Å². The minimum Gasteiger partial charge on any atom is -0.387 e. The summed E-state index contributed by atoms with van der Waals surface area (Å²) in [5.74, 6) is 0.665. The largest absolute Gasteiger partial charge is 0.387 e. The molecule has 114 valence electrons. The van der Waals surface area contributed by atoms with Crippen molar-refractivity contribution in [2.45, 2.75) is 32.8 Å². The molecule has 0 fully saturated rings. The SMILES string of the molecule is COCCCN(C)CC(O)c1ccc(CC(C)C)cc1. The van der Waals surface area contributed by atoms with E-state index in [-0.39, 0.29) is 0 Å². The van der Waals surface area contributed by atoms with Crippen LogP contribution in [-0.2, 0) is 11.2 Å². The predicted octanol–water partition coefficient (Wildman–Crippen LogP) is 2.89. The lowest BCUT2D eigenvalue weighted by molar-refractivity contribution is 0.117. The number of methoxy groups -OCH3 is 1. The fraction of sp³-hybridized carbons (Fsp3) is 0.647. The molecule has 0 amide bonds. The number of aliphatic hydroxyl groups excluding tert-OH is 1. The molecule has 1 unspecified atom stereocenters. The summed E-state index contributed by atoms with van der Waals surface area (Å²) in [5.41, 5.74) is 2.33. The number of hydrogen-bond donors (Lipinski definition) is 1. The first-order chi connectivity index (χ1) is 9.52. The van der Waals surface area contributed by atoms with Gasteiger partial charge < -0.3 is 14.7 Å². The van der Waals surface area contributed by atoms with E-state index in [9.17, 15) is 5.11 Å². The molecule has 1 rings (SSSR count). The van der Waals surface area contributed by atoms with Gasteiger partial charge in [-0.15, -0.1) is 0 Å². The smallest absolute Gasteiger partial charge is 0.0916 e. The highest BCUT2D eigenvalue weighted by molar-refractivity contribution is 5.24. The normalized spacial score (nSPS) is 13.2. The van der Waals surface area contributed by atoms with Gasteiger partial charge in [0.25, 0.3) is 0 Å². The average molecular weight is 279 g/mol. The predicted molar refractivity (Wildman–Crippen MR) is 83.9 cm³/mol. The molecule has 0 bridgehead atoms. The first kappa shape index (κ1) is 17.2. The summed E-state index contributed by atoms with van der Waals surface area (Å²) in [6, 6.07) is 8.35. The zero-order chi connectivity index (χ0) is 15.0. The van der Waals surface area contributed by atoms with Crippen LogP contribution in [0.4, 0.5) is 0 Å². The number of nitrogens with zero attached hydrogens (tertiary/aromatic N) is 1. The maximum Gasteiger partial charge on any atom is 0.0916 e. The minimum atomic E-state index is -0.421. The van der Waals surface area contributed by atoms with Crippen LogP contribution in [0.1, 0.15) is 37.5 Å². The zero-order valence-electron chi connectivity index (χ0n) is 13.3. The second kappa shape index (κ2) is 9.11. The number of rotatable bonds is 9. The molecule has 3 nitrogen and oxygen atoms in total. The molecule has 1 atom stereocenters. The van der Waals surface area contributed by atoms with Gasteiger partial charge in [0.2, 0.25) is 0 Å². The van der Waals surface area contributed by atoms with Gasteiger partial charge in [-0.05, 0) is 36.9 Å². The van der Waals surface area contributed by atoms with Gasteiger partial charge in [-0.3, -0.25) is 0 Å². The first-order valence-electron chi connectivity index (χ1n) is 7.47. The van der Waals surface area contributed by atoms with Crippen molar-refractivity contribution in [2.75, 3.05) is 33.9 Å². The maximum atomic E-state index is 10.2. The maximum absolute atomic E-state index is 10.2. The highest BCUT2D eigenvalue weighted by Crippen LogP contribution is 2.16. The number of likely N-dealkylation sites (N-methyl/N-ethyl adjacent to an activating group) is 1. The Morgan fingerprint density at radius 1 is 1.20 bits per heavy atom. The number of ether oxygens (including phenoxy) is 1.